The van der Waals surface area contributed by atoms with E-state index in [9.17, 15) is 14.4 Å². The first-order chi connectivity index (χ1) is 14.5. The standard InChI is InChI=1S/C23H25NO6/c1-28-18-8-9-21(29-2)19(13-18)20(25)15-30-23(27)17-12-22(26)24(14-17)11-10-16-6-4-3-5-7-16/h3-9,13,17H,10-12,14-15H2,1-2H3/t17-/m0/s1. The molecule has 1 aliphatic heterocycles. The minimum atomic E-state index is -0.562. The molecular formula is C23H25NO6. The summed E-state index contributed by atoms with van der Waals surface area (Å²) >= 11 is 0. The molecule has 0 spiro atoms. The van der Waals surface area contributed by atoms with E-state index in [1.165, 1.54) is 14.2 Å². The van der Waals surface area contributed by atoms with Crippen molar-refractivity contribution >= 4 is 17.7 Å². The molecular weight excluding hydrogens is 386 g/mol. The molecule has 0 aliphatic carbocycles. The lowest BCUT2D eigenvalue weighted by atomic mass is 10.1. The van der Waals surface area contributed by atoms with E-state index >= 15 is 0 Å². The number of methoxy groups -OCH3 is 2. The van der Waals surface area contributed by atoms with Crippen LogP contribution in [0, 0.1) is 5.92 Å². The molecule has 0 unspecified atom stereocenters. The molecule has 1 fully saturated rings. The van der Waals surface area contributed by atoms with E-state index in [0.717, 1.165) is 12.0 Å². The molecule has 1 heterocycles. The number of carbonyl (C=O) groups is 3. The zero-order valence-corrected chi connectivity index (χ0v) is 17.1. The number of rotatable bonds is 9. The summed E-state index contributed by atoms with van der Waals surface area (Å²) in [4.78, 5) is 38.8. The molecule has 2 aromatic rings. The molecule has 1 saturated heterocycles. The highest BCUT2D eigenvalue weighted by molar-refractivity contribution is 6.01. The van der Waals surface area contributed by atoms with Crippen LogP contribution >= 0.6 is 0 Å². The number of amides is 1. The van der Waals surface area contributed by atoms with Gasteiger partial charge >= 0.3 is 5.97 Å². The van der Waals surface area contributed by atoms with E-state index in [1.54, 1.807) is 23.1 Å². The van der Waals surface area contributed by atoms with Crippen molar-refractivity contribution in [3.8, 4) is 11.5 Å². The average molecular weight is 411 g/mol. The Morgan fingerprint density at radius 3 is 2.53 bits per heavy atom. The Labute approximate surface area is 175 Å². The molecule has 3 rings (SSSR count). The molecule has 7 heteroatoms. The summed E-state index contributed by atoms with van der Waals surface area (Å²) in [5.41, 5.74) is 1.41. The fourth-order valence-corrected chi connectivity index (χ4v) is 3.42. The molecule has 0 saturated carbocycles. The van der Waals surface area contributed by atoms with Crippen molar-refractivity contribution in [2.24, 2.45) is 5.92 Å². The first-order valence-corrected chi connectivity index (χ1v) is 9.75. The highest BCUT2D eigenvalue weighted by Gasteiger charge is 2.35. The average Bonchev–Trinajstić information content (AvgIpc) is 3.16. The maximum Gasteiger partial charge on any atom is 0.311 e. The van der Waals surface area contributed by atoms with Gasteiger partial charge in [-0.2, -0.15) is 0 Å². The van der Waals surface area contributed by atoms with Gasteiger partial charge in [-0.25, -0.2) is 0 Å². The molecule has 7 nitrogen and oxygen atoms in total. The van der Waals surface area contributed by atoms with Crippen molar-refractivity contribution < 1.29 is 28.6 Å². The van der Waals surface area contributed by atoms with Crippen LogP contribution in [0.4, 0.5) is 0 Å². The van der Waals surface area contributed by atoms with Gasteiger partial charge in [0.05, 0.1) is 25.7 Å². The summed E-state index contributed by atoms with van der Waals surface area (Å²) in [7, 11) is 2.95. The van der Waals surface area contributed by atoms with E-state index in [4.69, 9.17) is 14.2 Å². The largest absolute Gasteiger partial charge is 0.497 e. The van der Waals surface area contributed by atoms with Crippen LogP contribution in [-0.4, -0.2) is 56.5 Å². The minimum absolute atomic E-state index is 0.0753. The maximum atomic E-state index is 12.5. The number of nitrogens with zero attached hydrogens (tertiary/aromatic N) is 1. The SMILES string of the molecule is COc1ccc(OC)c(C(=O)COC(=O)[C@H]2CC(=O)N(CCc3ccccc3)C2)c1. The number of ketones is 1. The van der Waals surface area contributed by atoms with Crippen LogP contribution in [-0.2, 0) is 20.7 Å². The monoisotopic (exact) mass is 411 g/mol. The van der Waals surface area contributed by atoms with Gasteiger partial charge in [0, 0.05) is 19.5 Å². The second-order valence-corrected chi connectivity index (χ2v) is 7.07. The number of hydrogen-bond acceptors (Lipinski definition) is 6. The van der Waals surface area contributed by atoms with Gasteiger partial charge in [0.2, 0.25) is 11.7 Å². The van der Waals surface area contributed by atoms with Crippen LogP contribution in [0.1, 0.15) is 22.3 Å². The summed E-state index contributed by atoms with van der Waals surface area (Å²) in [5.74, 6) is -0.701. The van der Waals surface area contributed by atoms with E-state index in [2.05, 4.69) is 0 Å². The third-order valence-electron chi connectivity index (χ3n) is 5.11. The van der Waals surface area contributed by atoms with Gasteiger partial charge in [0.25, 0.3) is 0 Å². The molecule has 30 heavy (non-hydrogen) atoms. The number of benzene rings is 2. The summed E-state index contributed by atoms with van der Waals surface area (Å²) in [5, 5.41) is 0. The maximum absolute atomic E-state index is 12.5. The summed E-state index contributed by atoms with van der Waals surface area (Å²) in [6.07, 6.45) is 0.826. The Bertz CT molecular complexity index is 911. The normalized spacial score (nSPS) is 15.7. The van der Waals surface area contributed by atoms with Gasteiger partial charge in [0.1, 0.15) is 11.5 Å². The van der Waals surface area contributed by atoms with E-state index < -0.39 is 24.3 Å². The Kier molecular flexibility index (Phi) is 7.06. The summed E-state index contributed by atoms with van der Waals surface area (Å²) in [6.45, 7) is 0.435. The fourth-order valence-electron chi connectivity index (χ4n) is 3.42. The van der Waals surface area contributed by atoms with E-state index in [1.807, 2.05) is 30.3 Å². The van der Waals surface area contributed by atoms with Crippen molar-refractivity contribution in [2.45, 2.75) is 12.8 Å². The van der Waals surface area contributed by atoms with Crippen LogP contribution in [0.3, 0.4) is 0 Å². The molecule has 2 aromatic carbocycles. The van der Waals surface area contributed by atoms with Crippen molar-refractivity contribution in [2.75, 3.05) is 33.9 Å². The fraction of sp³-hybridized carbons (Fsp3) is 0.348. The molecule has 0 aromatic heterocycles. The Morgan fingerprint density at radius 2 is 1.83 bits per heavy atom. The lowest BCUT2D eigenvalue weighted by Crippen LogP contribution is -2.29. The van der Waals surface area contributed by atoms with Gasteiger partial charge < -0.3 is 19.1 Å². The van der Waals surface area contributed by atoms with Crippen LogP contribution in [0.15, 0.2) is 48.5 Å². The first-order valence-electron chi connectivity index (χ1n) is 9.75. The van der Waals surface area contributed by atoms with Gasteiger partial charge in [-0.15, -0.1) is 0 Å². The van der Waals surface area contributed by atoms with E-state index in [-0.39, 0.29) is 17.9 Å². The number of carbonyl (C=O) groups excluding carboxylic acids is 3. The second kappa shape index (κ2) is 9.91. The minimum Gasteiger partial charge on any atom is -0.497 e. The molecule has 0 bridgehead atoms. The third kappa shape index (κ3) is 5.17. The zero-order valence-electron chi connectivity index (χ0n) is 17.1. The Balaban J connectivity index is 1.53. The van der Waals surface area contributed by atoms with Gasteiger partial charge in [0.15, 0.2) is 6.61 Å². The Hall–Kier alpha value is -3.35. The van der Waals surface area contributed by atoms with Gasteiger partial charge in [-0.1, -0.05) is 30.3 Å². The highest BCUT2D eigenvalue weighted by atomic mass is 16.5. The van der Waals surface area contributed by atoms with Crippen molar-refractivity contribution in [1.29, 1.82) is 0 Å². The van der Waals surface area contributed by atoms with Crippen LogP contribution in [0.2, 0.25) is 0 Å². The zero-order chi connectivity index (χ0) is 21.5. The summed E-state index contributed by atoms with van der Waals surface area (Å²) in [6, 6.07) is 14.7. The predicted molar refractivity (Wildman–Crippen MR) is 110 cm³/mol. The molecule has 1 aliphatic rings. The number of likely N-dealkylation sites (tertiary alicyclic amines) is 1. The molecule has 158 valence electrons. The van der Waals surface area contributed by atoms with Crippen molar-refractivity contribution in [1.82, 2.24) is 4.90 Å². The number of esters is 1. The first kappa shape index (κ1) is 21.4. The number of Topliss-reactive ketones (excluding diaryl/α,β-unsaturated/α-hetero) is 1. The number of hydrogen-bond donors (Lipinski definition) is 0. The van der Waals surface area contributed by atoms with Crippen molar-refractivity contribution in [3.63, 3.8) is 0 Å². The lowest BCUT2D eigenvalue weighted by molar-refractivity contribution is -0.147. The predicted octanol–water partition coefficient (Wildman–Crippen LogP) is 2.52. The Morgan fingerprint density at radius 1 is 1.07 bits per heavy atom. The topological polar surface area (TPSA) is 82.1 Å². The molecule has 0 N–H and O–H groups in total. The van der Waals surface area contributed by atoms with Crippen LogP contribution < -0.4 is 9.47 Å². The second-order valence-electron chi connectivity index (χ2n) is 7.07. The molecule has 1 amide bonds. The smallest absolute Gasteiger partial charge is 0.311 e. The van der Waals surface area contributed by atoms with E-state index in [0.29, 0.717) is 24.6 Å². The van der Waals surface area contributed by atoms with Gasteiger partial charge in [-0.05, 0) is 30.2 Å². The van der Waals surface area contributed by atoms with Crippen LogP contribution in [0.25, 0.3) is 0 Å². The third-order valence-corrected chi connectivity index (χ3v) is 5.11. The van der Waals surface area contributed by atoms with Gasteiger partial charge in [-0.3, -0.25) is 14.4 Å². The van der Waals surface area contributed by atoms with Crippen LogP contribution in [0.5, 0.6) is 11.5 Å². The highest BCUT2D eigenvalue weighted by Crippen LogP contribution is 2.25. The van der Waals surface area contributed by atoms with Crippen molar-refractivity contribution in [3.05, 3.63) is 59.7 Å². The molecule has 0 radical (unpaired) electrons. The lowest BCUT2D eigenvalue weighted by Gasteiger charge is -2.16. The summed E-state index contributed by atoms with van der Waals surface area (Å²) < 4.78 is 15.5. The number of ether oxygens (including phenoxy) is 3. The molecule has 1 atom stereocenters. The quantitative estimate of drug-likeness (QED) is 0.466.